The van der Waals surface area contributed by atoms with E-state index in [1.54, 1.807) is 10.9 Å². The molecule has 7 heteroatoms. The van der Waals surface area contributed by atoms with Crippen LogP contribution in [-0.4, -0.2) is 21.5 Å². The molecule has 0 atom stereocenters. The first-order chi connectivity index (χ1) is 13.7. The van der Waals surface area contributed by atoms with Crippen molar-refractivity contribution in [3.05, 3.63) is 66.5 Å². The van der Waals surface area contributed by atoms with Gasteiger partial charge in [0.2, 0.25) is 0 Å². The zero-order valence-electron chi connectivity index (χ0n) is 16.0. The van der Waals surface area contributed by atoms with E-state index < -0.39 is 0 Å². The number of hydrogen-bond donors (Lipinski definition) is 2. The molecule has 3 aromatic rings. The SMILES string of the molecule is CCOc1ccccc1NC(=S)Nc1cnn(COc2ccc(CC)cc2)c1. The number of nitrogens with zero attached hydrogens (tertiary/aromatic N) is 2. The van der Waals surface area contributed by atoms with E-state index in [-0.39, 0.29) is 0 Å². The molecule has 0 saturated heterocycles. The maximum atomic E-state index is 5.76. The average Bonchev–Trinajstić information content (AvgIpc) is 3.15. The second kappa shape index (κ2) is 9.75. The minimum absolute atomic E-state index is 0.320. The van der Waals surface area contributed by atoms with E-state index in [4.69, 9.17) is 21.7 Å². The molecule has 2 aromatic carbocycles. The largest absolute Gasteiger partial charge is 0.492 e. The van der Waals surface area contributed by atoms with Gasteiger partial charge < -0.3 is 20.1 Å². The number of aryl methyl sites for hydroxylation is 1. The summed E-state index contributed by atoms with van der Waals surface area (Å²) in [5.74, 6) is 1.57. The number of hydrogen-bond acceptors (Lipinski definition) is 4. The molecule has 0 aliphatic carbocycles. The molecule has 146 valence electrons. The van der Waals surface area contributed by atoms with Crippen molar-refractivity contribution in [1.29, 1.82) is 0 Å². The van der Waals surface area contributed by atoms with Crippen LogP contribution in [-0.2, 0) is 13.2 Å². The zero-order chi connectivity index (χ0) is 19.8. The highest BCUT2D eigenvalue weighted by Crippen LogP contribution is 2.24. The summed E-state index contributed by atoms with van der Waals surface area (Å²) in [5, 5.41) is 11.0. The van der Waals surface area contributed by atoms with Gasteiger partial charge in [0.1, 0.15) is 11.5 Å². The fourth-order valence-electron chi connectivity index (χ4n) is 2.60. The number of rotatable bonds is 8. The Hall–Kier alpha value is -3.06. The third kappa shape index (κ3) is 5.47. The molecule has 28 heavy (non-hydrogen) atoms. The molecule has 0 spiro atoms. The second-order valence-corrected chi connectivity index (χ2v) is 6.46. The molecule has 0 aliphatic heterocycles. The van der Waals surface area contributed by atoms with Crippen LogP contribution < -0.4 is 20.1 Å². The summed E-state index contributed by atoms with van der Waals surface area (Å²) < 4.78 is 13.1. The van der Waals surface area contributed by atoms with Crippen molar-refractivity contribution < 1.29 is 9.47 Å². The molecule has 0 amide bonds. The fourth-order valence-corrected chi connectivity index (χ4v) is 2.82. The van der Waals surface area contributed by atoms with Crippen molar-refractivity contribution >= 4 is 28.7 Å². The van der Waals surface area contributed by atoms with Gasteiger partial charge in [-0.05, 0) is 55.4 Å². The summed E-state index contributed by atoms with van der Waals surface area (Å²) in [5.41, 5.74) is 2.87. The Bertz CT molecular complexity index is 909. The Morgan fingerprint density at radius 2 is 1.82 bits per heavy atom. The molecule has 1 heterocycles. The van der Waals surface area contributed by atoms with Gasteiger partial charge in [-0.25, -0.2) is 4.68 Å². The first kappa shape index (κ1) is 19.7. The van der Waals surface area contributed by atoms with Crippen LogP contribution in [0.2, 0.25) is 0 Å². The van der Waals surface area contributed by atoms with Crippen LogP contribution in [0.25, 0.3) is 0 Å². The van der Waals surface area contributed by atoms with Gasteiger partial charge in [0, 0.05) is 0 Å². The number of nitrogens with one attached hydrogen (secondary N) is 2. The fraction of sp³-hybridized carbons (Fsp3) is 0.238. The van der Waals surface area contributed by atoms with Crippen LogP contribution in [0.3, 0.4) is 0 Å². The maximum Gasteiger partial charge on any atom is 0.180 e. The minimum Gasteiger partial charge on any atom is -0.492 e. The summed E-state index contributed by atoms with van der Waals surface area (Å²) in [6, 6.07) is 15.7. The van der Waals surface area contributed by atoms with Crippen molar-refractivity contribution in [3.63, 3.8) is 0 Å². The number of thiocarbonyl (C=S) groups is 1. The monoisotopic (exact) mass is 396 g/mol. The summed E-state index contributed by atoms with van der Waals surface area (Å²) in [4.78, 5) is 0. The van der Waals surface area contributed by atoms with Crippen LogP contribution >= 0.6 is 12.2 Å². The molecular weight excluding hydrogens is 372 g/mol. The molecule has 0 aliphatic rings. The number of ether oxygens (including phenoxy) is 2. The van der Waals surface area contributed by atoms with Crippen molar-refractivity contribution in [3.8, 4) is 11.5 Å². The second-order valence-electron chi connectivity index (χ2n) is 6.05. The van der Waals surface area contributed by atoms with E-state index in [0.717, 1.165) is 29.3 Å². The highest BCUT2D eigenvalue weighted by molar-refractivity contribution is 7.80. The molecule has 0 bridgehead atoms. The molecule has 0 radical (unpaired) electrons. The van der Waals surface area contributed by atoms with Crippen molar-refractivity contribution in [2.45, 2.75) is 27.0 Å². The first-order valence-electron chi connectivity index (χ1n) is 9.22. The van der Waals surface area contributed by atoms with Gasteiger partial charge in [-0.3, -0.25) is 0 Å². The number of anilines is 2. The Labute approximate surface area is 170 Å². The molecule has 2 N–H and O–H groups in total. The van der Waals surface area contributed by atoms with Gasteiger partial charge >= 0.3 is 0 Å². The molecule has 3 rings (SSSR count). The first-order valence-corrected chi connectivity index (χ1v) is 9.62. The number of para-hydroxylation sites is 2. The van der Waals surface area contributed by atoms with Gasteiger partial charge in [0.15, 0.2) is 11.8 Å². The Balaban J connectivity index is 1.53. The normalized spacial score (nSPS) is 10.4. The molecule has 6 nitrogen and oxygen atoms in total. The van der Waals surface area contributed by atoms with Gasteiger partial charge in [-0.15, -0.1) is 0 Å². The molecule has 0 saturated carbocycles. The predicted molar refractivity (Wildman–Crippen MR) is 116 cm³/mol. The third-order valence-corrected chi connectivity index (χ3v) is 4.23. The summed E-state index contributed by atoms with van der Waals surface area (Å²) in [7, 11) is 0. The lowest BCUT2D eigenvalue weighted by molar-refractivity contribution is 0.221. The van der Waals surface area contributed by atoms with Crippen molar-refractivity contribution in [2.75, 3.05) is 17.2 Å². The quantitative estimate of drug-likeness (QED) is 0.539. The Kier molecular flexibility index (Phi) is 6.86. The molecule has 0 unspecified atom stereocenters. The Morgan fingerprint density at radius 1 is 1.04 bits per heavy atom. The molecule has 0 fully saturated rings. The minimum atomic E-state index is 0.320. The van der Waals surface area contributed by atoms with E-state index in [0.29, 0.717) is 18.5 Å². The van der Waals surface area contributed by atoms with Gasteiger partial charge in [0.25, 0.3) is 0 Å². The van der Waals surface area contributed by atoms with Gasteiger partial charge in [0.05, 0.1) is 30.4 Å². The highest BCUT2D eigenvalue weighted by Gasteiger charge is 2.06. The van der Waals surface area contributed by atoms with Crippen molar-refractivity contribution in [2.24, 2.45) is 0 Å². The summed E-state index contributed by atoms with van der Waals surface area (Å²) >= 11 is 5.39. The number of aromatic nitrogens is 2. The maximum absolute atomic E-state index is 5.76. The van der Waals surface area contributed by atoms with E-state index in [1.807, 2.05) is 49.5 Å². The van der Waals surface area contributed by atoms with Crippen LogP contribution in [0.5, 0.6) is 11.5 Å². The summed E-state index contributed by atoms with van der Waals surface area (Å²) in [6.45, 7) is 4.98. The number of benzene rings is 2. The van der Waals surface area contributed by atoms with Gasteiger partial charge in [-0.1, -0.05) is 31.2 Å². The lowest BCUT2D eigenvalue weighted by Gasteiger charge is -2.13. The zero-order valence-corrected chi connectivity index (χ0v) is 16.8. The van der Waals surface area contributed by atoms with E-state index >= 15 is 0 Å². The van der Waals surface area contributed by atoms with Crippen LogP contribution in [0.4, 0.5) is 11.4 Å². The van der Waals surface area contributed by atoms with E-state index in [9.17, 15) is 0 Å². The topological polar surface area (TPSA) is 60.3 Å². The lowest BCUT2D eigenvalue weighted by atomic mass is 10.2. The van der Waals surface area contributed by atoms with E-state index in [2.05, 4.69) is 34.8 Å². The lowest BCUT2D eigenvalue weighted by Crippen LogP contribution is -2.19. The Morgan fingerprint density at radius 3 is 2.57 bits per heavy atom. The van der Waals surface area contributed by atoms with E-state index in [1.165, 1.54) is 5.56 Å². The molecule has 1 aromatic heterocycles. The summed E-state index contributed by atoms with van der Waals surface area (Å²) in [6.07, 6.45) is 4.55. The van der Waals surface area contributed by atoms with Crippen LogP contribution in [0.15, 0.2) is 60.9 Å². The smallest absolute Gasteiger partial charge is 0.180 e. The average molecular weight is 397 g/mol. The highest BCUT2D eigenvalue weighted by atomic mass is 32.1. The van der Waals surface area contributed by atoms with Gasteiger partial charge in [-0.2, -0.15) is 5.10 Å². The molecular formula is C21H24N4O2S. The van der Waals surface area contributed by atoms with Crippen molar-refractivity contribution in [1.82, 2.24) is 9.78 Å². The van der Waals surface area contributed by atoms with Crippen LogP contribution in [0, 0.1) is 0 Å². The third-order valence-electron chi connectivity index (χ3n) is 4.02. The predicted octanol–water partition coefficient (Wildman–Crippen LogP) is 4.69. The standard InChI is InChI=1S/C21H24N4O2S/c1-3-16-9-11-18(12-10-16)27-15-25-14-17(13-22-25)23-21(28)24-19-7-5-6-8-20(19)26-4-2/h5-14H,3-4,15H2,1-2H3,(H2,23,24,28). The van der Waals surface area contributed by atoms with Crippen LogP contribution in [0.1, 0.15) is 19.4 Å².